The van der Waals surface area contributed by atoms with Crippen LogP contribution in [0.1, 0.15) is 46.0 Å². The van der Waals surface area contributed by atoms with Crippen LogP contribution in [0.15, 0.2) is 0 Å². The molecule has 0 aromatic heterocycles. The van der Waals surface area contributed by atoms with Gasteiger partial charge in [-0.25, -0.2) is 0 Å². The molecule has 0 bridgehead atoms. The van der Waals surface area contributed by atoms with E-state index >= 15 is 0 Å². The Morgan fingerprint density at radius 3 is 2.56 bits per heavy atom. The van der Waals surface area contributed by atoms with Gasteiger partial charge in [-0.15, -0.1) is 0 Å². The molecule has 16 heavy (non-hydrogen) atoms. The summed E-state index contributed by atoms with van der Waals surface area (Å²) in [5, 5.41) is 3.53. The molecule has 2 nitrogen and oxygen atoms in total. The van der Waals surface area contributed by atoms with Crippen molar-refractivity contribution in [2.75, 3.05) is 24.7 Å². The summed E-state index contributed by atoms with van der Waals surface area (Å²) < 4.78 is 5.91. The lowest BCUT2D eigenvalue weighted by molar-refractivity contribution is 0.0234. The van der Waals surface area contributed by atoms with E-state index in [1.807, 2.05) is 11.8 Å². The second-order valence-electron chi connectivity index (χ2n) is 4.45. The first-order valence-corrected chi connectivity index (χ1v) is 7.95. The number of thioether (sulfide) groups is 1. The highest BCUT2D eigenvalue weighted by molar-refractivity contribution is 7.99. The Kier molecular flexibility index (Phi) is 8.34. The zero-order chi connectivity index (χ0) is 11.6. The maximum absolute atomic E-state index is 5.91. The summed E-state index contributed by atoms with van der Waals surface area (Å²) in [6.07, 6.45) is 6.84. The molecule has 1 aliphatic rings. The lowest BCUT2D eigenvalue weighted by Gasteiger charge is -2.29. The maximum atomic E-state index is 5.91. The van der Waals surface area contributed by atoms with E-state index in [-0.39, 0.29) is 0 Å². The second-order valence-corrected chi connectivity index (χ2v) is 5.85. The molecule has 0 radical (unpaired) electrons. The fourth-order valence-corrected chi connectivity index (χ4v) is 2.89. The highest BCUT2D eigenvalue weighted by Crippen LogP contribution is 2.21. The third-order valence-electron chi connectivity index (χ3n) is 3.16. The minimum absolute atomic E-state index is 0.543. The van der Waals surface area contributed by atoms with E-state index in [0.717, 1.165) is 19.2 Å². The molecule has 1 fully saturated rings. The summed E-state index contributed by atoms with van der Waals surface area (Å²) in [4.78, 5) is 0. The topological polar surface area (TPSA) is 21.3 Å². The van der Waals surface area contributed by atoms with Gasteiger partial charge in [-0.3, -0.25) is 0 Å². The molecule has 0 aromatic carbocycles. The van der Waals surface area contributed by atoms with E-state index in [4.69, 9.17) is 4.74 Å². The molecule has 1 rings (SSSR count). The zero-order valence-electron chi connectivity index (χ0n) is 10.8. The Morgan fingerprint density at radius 2 is 1.94 bits per heavy atom. The number of ether oxygens (including phenoxy) is 1. The summed E-state index contributed by atoms with van der Waals surface area (Å²) in [6, 6.07) is 0.750. The zero-order valence-corrected chi connectivity index (χ0v) is 11.7. The van der Waals surface area contributed by atoms with Crippen molar-refractivity contribution in [2.24, 2.45) is 0 Å². The Balaban J connectivity index is 1.95. The fraction of sp³-hybridized carbons (Fsp3) is 1.00. The third kappa shape index (κ3) is 6.12. The Bertz CT molecular complexity index is 158. The molecule has 0 amide bonds. The second kappa shape index (κ2) is 9.32. The van der Waals surface area contributed by atoms with Crippen LogP contribution in [-0.2, 0) is 4.74 Å². The van der Waals surface area contributed by atoms with Gasteiger partial charge in [-0.05, 0) is 50.2 Å². The maximum Gasteiger partial charge on any atom is 0.0576 e. The summed E-state index contributed by atoms with van der Waals surface area (Å²) in [5.74, 6) is 2.48. The first kappa shape index (κ1) is 14.3. The molecule has 0 spiro atoms. The number of hydrogen-bond donors (Lipinski definition) is 1. The van der Waals surface area contributed by atoms with Crippen LogP contribution in [0.5, 0.6) is 0 Å². The van der Waals surface area contributed by atoms with Gasteiger partial charge in [0.1, 0.15) is 0 Å². The number of hydrogen-bond acceptors (Lipinski definition) is 3. The van der Waals surface area contributed by atoms with E-state index in [9.17, 15) is 0 Å². The van der Waals surface area contributed by atoms with Crippen LogP contribution in [0.2, 0.25) is 0 Å². The summed E-state index contributed by atoms with van der Waals surface area (Å²) in [5.41, 5.74) is 0. The molecule has 1 N–H and O–H groups in total. The van der Waals surface area contributed by atoms with Crippen LogP contribution in [0.3, 0.4) is 0 Å². The van der Waals surface area contributed by atoms with E-state index in [1.54, 1.807) is 0 Å². The number of rotatable bonds is 8. The van der Waals surface area contributed by atoms with Crippen LogP contribution in [0.25, 0.3) is 0 Å². The number of nitrogens with one attached hydrogen (secondary N) is 1. The lowest BCUT2D eigenvalue weighted by atomic mass is 9.93. The molecule has 3 heteroatoms. The quantitative estimate of drug-likeness (QED) is 0.664. The first-order valence-electron chi connectivity index (χ1n) is 6.79. The van der Waals surface area contributed by atoms with Crippen LogP contribution in [0, 0.1) is 0 Å². The minimum Gasteiger partial charge on any atom is -0.378 e. The third-order valence-corrected chi connectivity index (χ3v) is 4.14. The molecule has 0 unspecified atom stereocenters. The predicted molar refractivity (Wildman–Crippen MR) is 73.3 cm³/mol. The Morgan fingerprint density at radius 1 is 1.19 bits per heavy atom. The predicted octanol–water partition coefficient (Wildman–Crippen LogP) is 3.07. The van der Waals surface area contributed by atoms with Crippen molar-refractivity contribution in [1.82, 2.24) is 5.32 Å². The first-order chi connectivity index (χ1) is 7.86. The van der Waals surface area contributed by atoms with Gasteiger partial charge >= 0.3 is 0 Å². The smallest absolute Gasteiger partial charge is 0.0576 e. The highest BCUT2D eigenvalue weighted by atomic mass is 32.2. The molecule has 0 aromatic rings. The molecule has 1 aliphatic carbocycles. The van der Waals surface area contributed by atoms with E-state index in [0.29, 0.717) is 6.10 Å². The van der Waals surface area contributed by atoms with Crippen molar-refractivity contribution in [3.63, 3.8) is 0 Å². The minimum atomic E-state index is 0.543. The van der Waals surface area contributed by atoms with Gasteiger partial charge in [0, 0.05) is 12.6 Å². The summed E-state index contributed by atoms with van der Waals surface area (Å²) in [6.45, 7) is 6.47. The SMILES string of the molecule is CCNC1CCC(OCCCSCC)CC1. The van der Waals surface area contributed by atoms with Gasteiger partial charge in [-0.2, -0.15) is 11.8 Å². The monoisotopic (exact) mass is 245 g/mol. The van der Waals surface area contributed by atoms with Crippen LogP contribution < -0.4 is 5.32 Å². The average Bonchev–Trinajstić information content (AvgIpc) is 2.31. The van der Waals surface area contributed by atoms with Gasteiger partial charge in [0.2, 0.25) is 0 Å². The fourth-order valence-electron chi connectivity index (χ4n) is 2.28. The van der Waals surface area contributed by atoms with Gasteiger partial charge in [-0.1, -0.05) is 13.8 Å². The molecule has 0 atom stereocenters. The molecular weight excluding hydrogens is 218 g/mol. The van der Waals surface area contributed by atoms with Crippen LogP contribution in [-0.4, -0.2) is 36.8 Å². The Labute approximate surface area is 105 Å². The average molecular weight is 245 g/mol. The van der Waals surface area contributed by atoms with Crippen LogP contribution in [0.4, 0.5) is 0 Å². The van der Waals surface area contributed by atoms with Crippen molar-refractivity contribution in [1.29, 1.82) is 0 Å². The van der Waals surface area contributed by atoms with Gasteiger partial charge < -0.3 is 10.1 Å². The van der Waals surface area contributed by atoms with Crippen molar-refractivity contribution in [3.8, 4) is 0 Å². The normalized spacial score (nSPS) is 25.9. The van der Waals surface area contributed by atoms with Crippen LogP contribution >= 0.6 is 11.8 Å². The molecule has 0 aliphatic heterocycles. The summed E-state index contributed by atoms with van der Waals surface area (Å²) >= 11 is 2.01. The van der Waals surface area contributed by atoms with Gasteiger partial charge in [0.05, 0.1) is 6.10 Å². The standard InChI is InChI=1S/C13H27NOS/c1-3-14-12-6-8-13(9-7-12)15-10-5-11-16-4-2/h12-14H,3-11H2,1-2H3. The molecule has 0 saturated heterocycles. The highest BCUT2D eigenvalue weighted by Gasteiger charge is 2.20. The van der Waals surface area contributed by atoms with Crippen molar-refractivity contribution >= 4 is 11.8 Å². The van der Waals surface area contributed by atoms with Crippen molar-refractivity contribution < 1.29 is 4.74 Å². The van der Waals surface area contributed by atoms with E-state index in [1.165, 1.54) is 43.6 Å². The largest absolute Gasteiger partial charge is 0.378 e. The molecule has 96 valence electrons. The van der Waals surface area contributed by atoms with Crippen molar-refractivity contribution in [2.45, 2.75) is 58.1 Å². The van der Waals surface area contributed by atoms with Crippen molar-refractivity contribution in [3.05, 3.63) is 0 Å². The van der Waals surface area contributed by atoms with Gasteiger partial charge in [0.15, 0.2) is 0 Å². The van der Waals surface area contributed by atoms with Gasteiger partial charge in [0.25, 0.3) is 0 Å². The summed E-state index contributed by atoms with van der Waals surface area (Å²) in [7, 11) is 0. The molecule has 0 heterocycles. The molecular formula is C13H27NOS. The lowest BCUT2D eigenvalue weighted by Crippen LogP contribution is -2.35. The van der Waals surface area contributed by atoms with E-state index in [2.05, 4.69) is 19.2 Å². The van der Waals surface area contributed by atoms with E-state index < -0.39 is 0 Å². The Hall–Kier alpha value is 0.270. The molecule has 1 saturated carbocycles.